The van der Waals surface area contributed by atoms with E-state index in [0.29, 0.717) is 18.4 Å². The average Bonchev–Trinajstić information content (AvgIpc) is 3.06. The Hall–Kier alpha value is -1.97. The average molecular weight is 327 g/mol. The van der Waals surface area contributed by atoms with Crippen LogP contribution in [-0.4, -0.2) is 22.6 Å². The molecule has 0 radical (unpaired) electrons. The molecule has 2 aliphatic rings. The predicted molar refractivity (Wildman–Crippen MR) is 93.0 cm³/mol. The van der Waals surface area contributed by atoms with Gasteiger partial charge in [-0.15, -0.1) is 0 Å². The van der Waals surface area contributed by atoms with Gasteiger partial charge in [0.05, 0.1) is 6.04 Å². The van der Waals surface area contributed by atoms with E-state index in [0.717, 1.165) is 29.6 Å². The Balaban J connectivity index is 1.56. The van der Waals surface area contributed by atoms with Gasteiger partial charge in [-0.25, -0.2) is 4.79 Å². The molecule has 1 aliphatic heterocycles. The zero-order chi connectivity index (χ0) is 16.5. The summed E-state index contributed by atoms with van der Waals surface area (Å²) in [7, 11) is 0. The number of rotatable bonds is 2. The maximum atomic E-state index is 11.9. The van der Waals surface area contributed by atoms with Crippen molar-refractivity contribution >= 4 is 17.1 Å². The van der Waals surface area contributed by atoms with Crippen LogP contribution in [0.2, 0.25) is 0 Å². The van der Waals surface area contributed by atoms with Crippen molar-refractivity contribution < 1.29 is 14.3 Å². The van der Waals surface area contributed by atoms with Gasteiger partial charge in [0, 0.05) is 11.9 Å². The number of para-hydroxylation sites is 1. The van der Waals surface area contributed by atoms with Gasteiger partial charge in [0.2, 0.25) is 0 Å². The molecular weight excluding hydrogens is 302 g/mol. The van der Waals surface area contributed by atoms with Crippen molar-refractivity contribution in [2.45, 2.75) is 51.0 Å². The van der Waals surface area contributed by atoms with Gasteiger partial charge in [-0.05, 0) is 36.8 Å². The maximum Gasteiger partial charge on any atom is 0.407 e. The third-order valence-electron chi connectivity index (χ3n) is 5.95. The number of carboxylic acid groups (broad SMARTS) is 1. The standard InChI is InChI=1S/C20H25NO3/c22-20(23)21-13-16(14-6-2-1-3-7-14)10-11-17(21)19-12-15-8-4-5-9-18(15)24-19/h4-5,8-9,12,14,16-17H,1-3,6-7,10-11,13H2,(H,22,23). The van der Waals surface area contributed by atoms with Crippen LogP contribution in [0.25, 0.3) is 11.0 Å². The number of likely N-dealkylation sites (tertiary alicyclic amines) is 1. The van der Waals surface area contributed by atoms with Crippen molar-refractivity contribution in [3.63, 3.8) is 0 Å². The maximum absolute atomic E-state index is 11.9. The highest BCUT2D eigenvalue weighted by atomic mass is 16.4. The number of piperidine rings is 1. The van der Waals surface area contributed by atoms with Crippen LogP contribution < -0.4 is 0 Å². The van der Waals surface area contributed by atoms with Gasteiger partial charge in [-0.2, -0.15) is 0 Å². The van der Waals surface area contributed by atoms with Crippen LogP contribution in [0.3, 0.4) is 0 Å². The molecule has 0 bridgehead atoms. The first-order valence-corrected chi connectivity index (χ1v) is 9.20. The largest absolute Gasteiger partial charge is 0.465 e. The third-order valence-corrected chi connectivity index (χ3v) is 5.95. The lowest BCUT2D eigenvalue weighted by molar-refractivity contribution is 0.0557. The molecule has 2 aromatic rings. The summed E-state index contributed by atoms with van der Waals surface area (Å²) in [4.78, 5) is 13.5. The fourth-order valence-corrected chi connectivity index (χ4v) is 4.66. The molecule has 1 aromatic carbocycles. The molecule has 2 atom stereocenters. The molecule has 4 rings (SSSR count). The molecule has 128 valence electrons. The van der Waals surface area contributed by atoms with Crippen LogP contribution in [0, 0.1) is 11.8 Å². The van der Waals surface area contributed by atoms with Gasteiger partial charge in [-0.1, -0.05) is 50.3 Å². The number of hydrogen-bond acceptors (Lipinski definition) is 2. The Morgan fingerprint density at radius 3 is 2.58 bits per heavy atom. The molecule has 0 spiro atoms. The molecule has 4 heteroatoms. The SMILES string of the molecule is O=C(O)N1CC(C2CCCCC2)CCC1c1cc2ccccc2o1. The first kappa shape index (κ1) is 15.6. The molecule has 1 aromatic heterocycles. The van der Waals surface area contributed by atoms with E-state index in [1.54, 1.807) is 4.90 Å². The van der Waals surface area contributed by atoms with Crippen molar-refractivity contribution in [1.29, 1.82) is 0 Å². The van der Waals surface area contributed by atoms with Crippen LogP contribution in [0.4, 0.5) is 4.79 Å². The van der Waals surface area contributed by atoms with E-state index in [4.69, 9.17) is 4.42 Å². The summed E-state index contributed by atoms with van der Waals surface area (Å²) < 4.78 is 5.96. The quantitative estimate of drug-likeness (QED) is 0.798. The number of furan rings is 1. The van der Waals surface area contributed by atoms with Crippen LogP contribution in [0.15, 0.2) is 34.7 Å². The summed E-state index contributed by atoms with van der Waals surface area (Å²) in [6.07, 6.45) is 7.65. The van der Waals surface area contributed by atoms with E-state index in [-0.39, 0.29) is 6.04 Å². The highest BCUT2D eigenvalue weighted by Gasteiger charge is 2.37. The molecule has 2 unspecified atom stereocenters. The minimum absolute atomic E-state index is 0.144. The van der Waals surface area contributed by atoms with Crippen LogP contribution in [-0.2, 0) is 0 Å². The zero-order valence-corrected chi connectivity index (χ0v) is 14.0. The molecule has 2 heterocycles. The summed E-state index contributed by atoms with van der Waals surface area (Å²) in [5, 5.41) is 10.8. The van der Waals surface area contributed by atoms with E-state index in [1.165, 1.54) is 32.1 Å². The number of hydrogen-bond donors (Lipinski definition) is 1. The molecule has 1 saturated carbocycles. The van der Waals surface area contributed by atoms with Crippen molar-refractivity contribution in [3.8, 4) is 0 Å². The number of amides is 1. The van der Waals surface area contributed by atoms with E-state index in [2.05, 4.69) is 0 Å². The monoisotopic (exact) mass is 327 g/mol. The van der Waals surface area contributed by atoms with Crippen molar-refractivity contribution in [1.82, 2.24) is 4.90 Å². The van der Waals surface area contributed by atoms with Gasteiger partial charge in [0.25, 0.3) is 0 Å². The zero-order valence-electron chi connectivity index (χ0n) is 14.0. The van der Waals surface area contributed by atoms with Gasteiger partial charge in [0.15, 0.2) is 0 Å². The second-order valence-electron chi connectivity index (χ2n) is 7.37. The fourth-order valence-electron chi connectivity index (χ4n) is 4.66. The Kier molecular flexibility index (Phi) is 4.21. The highest BCUT2D eigenvalue weighted by Crippen LogP contribution is 2.41. The lowest BCUT2D eigenvalue weighted by Crippen LogP contribution is -2.43. The first-order valence-electron chi connectivity index (χ1n) is 9.20. The summed E-state index contributed by atoms with van der Waals surface area (Å²) in [6, 6.07) is 9.76. The molecule has 1 N–H and O–H groups in total. The van der Waals surface area contributed by atoms with E-state index < -0.39 is 6.09 Å². The van der Waals surface area contributed by atoms with E-state index >= 15 is 0 Å². The summed E-state index contributed by atoms with van der Waals surface area (Å²) in [5.41, 5.74) is 0.840. The summed E-state index contributed by atoms with van der Waals surface area (Å²) >= 11 is 0. The topological polar surface area (TPSA) is 53.7 Å². The smallest absolute Gasteiger partial charge is 0.407 e. The van der Waals surface area contributed by atoms with Crippen molar-refractivity contribution in [2.24, 2.45) is 11.8 Å². The second-order valence-corrected chi connectivity index (χ2v) is 7.37. The lowest BCUT2D eigenvalue weighted by atomic mass is 9.75. The van der Waals surface area contributed by atoms with Crippen molar-refractivity contribution in [2.75, 3.05) is 6.54 Å². The minimum atomic E-state index is -0.819. The Labute approximate surface area is 142 Å². The van der Waals surface area contributed by atoms with Gasteiger partial charge >= 0.3 is 6.09 Å². The Morgan fingerprint density at radius 2 is 1.83 bits per heavy atom. The second kappa shape index (κ2) is 6.50. The molecular formula is C20H25NO3. The van der Waals surface area contributed by atoms with Crippen molar-refractivity contribution in [3.05, 3.63) is 36.1 Å². The number of nitrogens with zero attached hydrogens (tertiary/aromatic N) is 1. The Morgan fingerprint density at radius 1 is 1.04 bits per heavy atom. The van der Waals surface area contributed by atoms with Crippen LogP contribution in [0.1, 0.15) is 56.7 Å². The molecule has 2 fully saturated rings. The van der Waals surface area contributed by atoms with E-state index in [9.17, 15) is 9.90 Å². The fraction of sp³-hybridized carbons (Fsp3) is 0.550. The number of carbonyl (C=O) groups is 1. The van der Waals surface area contributed by atoms with Crippen LogP contribution >= 0.6 is 0 Å². The predicted octanol–water partition coefficient (Wildman–Crippen LogP) is 5.44. The lowest BCUT2D eigenvalue weighted by Gasteiger charge is -2.41. The Bertz CT molecular complexity index is 683. The van der Waals surface area contributed by atoms with Gasteiger partial charge in [0.1, 0.15) is 11.3 Å². The highest BCUT2D eigenvalue weighted by molar-refractivity contribution is 5.78. The number of fused-ring (bicyclic) bond motifs is 1. The molecule has 1 amide bonds. The molecule has 1 saturated heterocycles. The third kappa shape index (κ3) is 2.90. The van der Waals surface area contributed by atoms with E-state index in [1.807, 2.05) is 30.3 Å². The molecule has 4 nitrogen and oxygen atoms in total. The summed E-state index contributed by atoms with van der Waals surface area (Å²) in [6.45, 7) is 0.654. The summed E-state index contributed by atoms with van der Waals surface area (Å²) in [5.74, 6) is 2.01. The molecule has 1 aliphatic carbocycles. The van der Waals surface area contributed by atoms with Gasteiger partial charge in [-0.3, -0.25) is 4.90 Å². The minimum Gasteiger partial charge on any atom is -0.465 e. The number of benzene rings is 1. The molecule has 24 heavy (non-hydrogen) atoms. The first-order chi connectivity index (χ1) is 11.7. The van der Waals surface area contributed by atoms with Gasteiger partial charge < -0.3 is 9.52 Å². The normalized spacial score (nSPS) is 25.9. The van der Waals surface area contributed by atoms with Crippen LogP contribution in [0.5, 0.6) is 0 Å².